The molecule has 0 aliphatic rings. The van der Waals surface area contributed by atoms with Gasteiger partial charge in [-0.3, -0.25) is 0 Å². The van der Waals surface area contributed by atoms with E-state index in [2.05, 4.69) is 27.9 Å². The summed E-state index contributed by atoms with van der Waals surface area (Å²) in [6.45, 7) is 0. The summed E-state index contributed by atoms with van der Waals surface area (Å²) in [6.07, 6.45) is 0. The quantitative estimate of drug-likeness (QED) is 0.745. The van der Waals surface area contributed by atoms with E-state index in [0.717, 1.165) is 3.57 Å². The summed E-state index contributed by atoms with van der Waals surface area (Å²) in [5, 5.41) is 11.7. The van der Waals surface area contributed by atoms with E-state index in [1.807, 2.05) is 0 Å². The number of anilines is 2. The van der Waals surface area contributed by atoms with Crippen molar-refractivity contribution in [1.29, 1.82) is 5.26 Å². The fourth-order valence-electron chi connectivity index (χ4n) is 1.47. The lowest BCUT2D eigenvalue weighted by atomic mass is 10.2. The van der Waals surface area contributed by atoms with Gasteiger partial charge in [0.05, 0.1) is 22.0 Å². The third kappa shape index (κ3) is 2.96. The van der Waals surface area contributed by atoms with Crippen molar-refractivity contribution in [2.45, 2.75) is 0 Å². The van der Waals surface area contributed by atoms with E-state index >= 15 is 0 Å². The molecule has 0 saturated heterocycles. The normalized spacial score (nSPS) is 10.1. The Balaban J connectivity index is 2.39. The SMILES string of the molecule is N#Cc1ccc(Nc2ccc(I)cc2Cl)c(F)c1F. The highest BCUT2D eigenvalue weighted by molar-refractivity contribution is 14.1. The van der Waals surface area contributed by atoms with Crippen molar-refractivity contribution in [3.8, 4) is 6.07 Å². The average Bonchev–Trinajstić information content (AvgIpc) is 2.38. The highest BCUT2D eigenvalue weighted by atomic mass is 127. The van der Waals surface area contributed by atoms with Crippen molar-refractivity contribution < 1.29 is 8.78 Å². The predicted octanol–water partition coefficient (Wildman–Crippen LogP) is 4.84. The average molecular weight is 391 g/mol. The van der Waals surface area contributed by atoms with Crippen LogP contribution in [0.2, 0.25) is 5.02 Å². The number of nitrogens with one attached hydrogen (secondary N) is 1. The molecule has 0 amide bonds. The third-order valence-electron chi connectivity index (χ3n) is 2.40. The minimum absolute atomic E-state index is 0.0698. The molecule has 0 aliphatic carbocycles. The zero-order chi connectivity index (χ0) is 14.0. The number of halogens is 4. The maximum absolute atomic E-state index is 13.7. The largest absolute Gasteiger partial charge is 0.352 e. The van der Waals surface area contributed by atoms with E-state index in [0.29, 0.717) is 10.7 Å². The second-order valence-electron chi connectivity index (χ2n) is 3.65. The van der Waals surface area contributed by atoms with Crippen LogP contribution in [0.15, 0.2) is 30.3 Å². The Bertz CT molecular complexity index is 683. The molecule has 2 aromatic carbocycles. The molecule has 2 aromatic rings. The maximum Gasteiger partial charge on any atom is 0.183 e. The van der Waals surface area contributed by atoms with Gasteiger partial charge in [-0.05, 0) is 52.9 Å². The molecular formula is C13H6ClF2IN2. The van der Waals surface area contributed by atoms with Gasteiger partial charge in [0, 0.05) is 3.57 Å². The number of nitriles is 1. The van der Waals surface area contributed by atoms with Crippen molar-refractivity contribution in [3.63, 3.8) is 0 Å². The predicted molar refractivity (Wildman–Crippen MR) is 78.5 cm³/mol. The second-order valence-corrected chi connectivity index (χ2v) is 5.30. The van der Waals surface area contributed by atoms with Gasteiger partial charge in [-0.2, -0.15) is 5.26 Å². The van der Waals surface area contributed by atoms with Gasteiger partial charge in [-0.15, -0.1) is 0 Å². The van der Waals surface area contributed by atoms with Gasteiger partial charge >= 0.3 is 0 Å². The Hall–Kier alpha value is -1.39. The van der Waals surface area contributed by atoms with Crippen molar-refractivity contribution in [2.75, 3.05) is 5.32 Å². The van der Waals surface area contributed by atoms with Gasteiger partial charge < -0.3 is 5.32 Å². The molecule has 0 bridgehead atoms. The molecule has 0 unspecified atom stereocenters. The van der Waals surface area contributed by atoms with Gasteiger partial charge in [0.15, 0.2) is 11.6 Å². The molecule has 0 saturated carbocycles. The molecule has 0 radical (unpaired) electrons. The van der Waals surface area contributed by atoms with Crippen LogP contribution in [0.25, 0.3) is 0 Å². The Morgan fingerprint density at radius 2 is 1.79 bits per heavy atom. The Morgan fingerprint density at radius 1 is 1.11 bits per heavy atom. The van der Waals surface area contributed by atoms with E-state index in [9.17, 15) is 8.78 Å². The lowest BCUT2D eigenvalue weighted by molar-refractivity contribution is 0.509. The first-order chi connectivity index (χ1) is 9.02. The van der Waals surface area contributed by atoms with E-state index in [-0.39, 0.29) is 11.3 Å². The van der Waals surface area contributed by atoms with Gasteiger partial charge in [0.25, 0.3) is 0 Å². The van der Waals surface area contributed by atoms with Crippen LogP contribution in [0.5, 0.6) is 0 Å². The summed E-state index contributed by atoms with van der Waals surface area (Å²) < 4.78 is 28.1. The summed E-state index contributed by atoms with van der Waals surface area (Å²) in [6, 6.07) is 9.23. The lowest BCUT2D eigenvalue weighted by Crippen LogP contribution is -1.99. The number of nitrogens with zero attached hydrogens (tertiary/aromatic N) is 1. The van der Waals surface area contributed by atoms with E-state index in [1.165, 1.54) is 12.1 Å². The van der Waals surface area contributed by atoms with Crippen LogP contribution in [-0.2, 0) is 0 Å². The highest BCUT2D eigenvalue weighted by Crippen LogP contribution is 2.29. The number of hydrogen-bond acceptors (Lipinski definition) is 2. The maximum atomic E-state index is 13.7. The van der Waals surface area contributed by atoms with Gasteiger partial charge in [0.2, 0.25) is 0 Å². The second kappa shape index (κ2) is 5.72. The number of rotatable bonds is 2. The topological polar surface area (TPSA) is 35.8 Å². The summed E-state index contributed by atoms with van der Waals surface area (Å²) in [5.74, 6) is -2.28. The van der Waals surface area contributed by atoms with Crippen molar-refractivity contribution >= 4 is 45.6 Å². The smallest absolute Gasteiger partial charge is 0.183 e. The van der Waals surface area contributed by atoms with E-state index < -0.39 is 11.6 Å². The standard InChI is InChI=1S/C13H6ClF2IN2/c14-9-5-8(17)2-4-10(9)19-11-3-1-7(6-18)12(15)13(11)16/h1-5,19H. The number of benzene rings is 2. The molecule has 0 spiro atoms. The summed E-state index contributed by atoms with van der Waals surface area (Å²) in [7, 11) is 0. The van der Waals surface area contributed by atoms with E-state index in [4.69, 9.17) is 16.9 Å². The van der Waals surface area contributed by atoms with E-state index in [1.54, 1.807) is 24.3 Å². The van der Waals surface area contributed by atoms with Gasteiger partial charge in [0.1, 0.15) is 6.07 Å². The summed E-state index contributed by atoms with van der Waals surface area (Å²) in [4.78, 5) is 0. The van der Waals surface area contributed by atoms with Crippen LogP contribution in [-0.4, -0.2) is 0 Å². The molecule has 0 fully saturated rings. The van der Waals surface area contributed by atoms with Crippen molar-refractivity contribution in [2.24, 2.45) is 0 Å². The molecule has 0 heterocycles. The molecule has 19 heavy (non-hydrogen) atoms. The Morgan fingerprint density at radius 3 is 2.42 bits per heavy atom. The molecule has 0 atom stereocenters. The molecular weight excluding hydrogens is 385 g/mol. The number of hydrogen-bond donors (Lipinski definition) is 1. The molecule has 96 valence electrons. The monoisotopic (exact) mass is 390 g/mol. The van der Waals surface area contributed by atoms with Crippen LogP contribution in [0.4, 0.5) is 20.2 Å². The van der Waals surface area contributed by atoms with Crippen LogP contribution in [0, 0.1) is 26.5 Å². The highest BCUT2D eigenvalue weighted by Gasteiger charge is 2.14. The van der Waals surface area contributed by atoms with Gasteiger partial charge in [-0.1, -0.05) is 11.6 Å². The van der Waals surface area contributed by atoms with Crippen LogP contribution >= 0.6 is 34.2 Å². The van der Waals surface area contributed by atoms with Crippen LogP contribution in [0.3, 0.4) is 0 Å². The van der Waals surface area contributed by atoms with Crippen molar-refractivity contribution in [3.05, 3.63) is 56.1 Å². The Kier molecular flexibility index (Phi) is 4.22. The molecule has 2 rings (SSSR count). The summed E-state index contributed by atoms with van der Waals surface area (Å²) >= 11 is 8.09. The third-order valence-corrected chi connectivity index (χ3v) is 3.39. The van der Waals surface area contributed by atoms with Crippen molar-refractivity contribution in [1.82, 2.24) is 0 Å². The first kappa shape index (κ1) is 14.0. The molecule has 0 aliphatic heterocycles. The van der Waals surface area contributed by atoms with Gasteiger partial charge in [-0.25, -0.2) is 8.78 Å². The fourth-order valence-corrected chi connectivity index (χ4v) is 2.37. The minimum atomic E-state index is -1.17. The zero-order valence-electron chi connectivity index (χ0n) is 9.35. The molecule has 1 N–H and O–H groups in total. The van der Waals surface area contributed by atoms with Crippen LogP contribution < -0.4 is 5.32 Å². The molecule has 0 aromatic heterocycles. The molecule has 2 nitrogen and oxygen atoms in total. The fraction of sp³-hybridized carbons (Fsp3) is 0. The first-order valence-corrected chi connectivity index (χ1v) is 6.58. The van der Waals surface area contributed by atoms with Crippen LogP contribution in [0.1, 0.15) is 5.56 Å². The Labute approximate surface area is 127 Å². The zero-order valence-corrected chi connectivity index (χ0v) is 12.3. The molecule has 6 heteroatoms. The summed E-state index contributed by atoms with van der Waals surface area (Å²) in [5.41, 5.74) is 0.0569. The first-order valence-electron chi connectivity index (χ1n) is 5.13. The lowest BCUT2D eigenvalue weighted by Gasteiger charge is -2.10. The minimum Gasteiger partial charge on any atom is -0.352 e.